The van der Waals surface area contributed by atoms with E-state index in [2.05, 4.69) is 27.7 Å². The van der Waals surface area contributed by atoms with E-state index in [1.165, 1.54) is 18.4 Å². The monoisotopic (exact) mass is 346 g/mol. The maximum atomic E-state index is 10.2. The van der Waals surface area contributed by atoms with Crippen molar-refractivity contribution >= 4 is 6.08 Å². The highest BCUT2D eigenvalue weighted by atomic mass is 16.3. The number of phenolic OH excluding ortho intramolecular Hbond substituents is 4. The van der Waals surface area contributed by atoms with Crippen LogP contribution in [0.5, 0.6) is 23.0 Å². The Morgan fingerprint density at radius 2 is 1.56 bits per heavy atom. The number of phenols is 4. The van der Waals surface area contributed by atoms with Gasteiger partial charge in [0.15, 0.2) is 23.0 Å². The minimum Gasteiger partial charge on any atom is -0.504 e. The molecule has 0 aromatic heterocycles. The van der Waals surface area contributed by atoms with Gasteiger partial charge in [-0.25, -0.2) is 0 Å². The van der Waals surface area contributed by atoms with Crippen molar-refractivity contribution in [2.75, 3.05) is 0 Å². The van der Waals surface area contributed by atoms with Gasteiger partial charge in [0.1, 0.15) is 0 Å². The Kier molecular flexibility index (Phi) is 4.21. The van der Waals surface area contributed by atoms with Crippen molar-refractivity contribution in [3.05, 3.63) is 17.2 Å². The van der Waals surface area contributed by atoms with Gasteiger partial charge in [-0.3, -0.25) is 0 Å². The molecular weight excluding hydrogens is 316 g/mol. The third kappa shape index (κ3) is 2.76. The molecule has 2 fully saturated rings. The summed E-state index contributed by atoms with van der Waals surface area (Å²) in [4.78, 5) is 0. The molecule has 3 rings (SSSR count). The Bertz CT molecular complexity index is 693. The zero-order chi connectivity index (χ0) is 18.6. The fraction of sp³-hybridized carbons (Fsp3) is 0.619. The third-order valence-corrected chi connectivity index (χ3v) is 6.88. The Balaban J connectivity index is 2.16. The average Bonchev–Trinajstić information content (AvgIpc) is 2.51. The molecule has 3 atom stereocenters. The number of rotatable bonds is 1. The van der Waals surface area contributed by atoms with Gasteiger partial charge in [0, 0.05) is 6.07 Å². The second kappa shape index (κ2) is 5.86. The summed E-state index contributed by atoms with van der Waals surface area (Å²) in [5, 5.41) is 40.1. The van der Waals surface area contributed by atoms with Gasteiger partial charge < -0.3 is 20.4 Å². The molecule has 2 aliphatic carbocycles. The van der Waals surface area contributed by atoms with E-state index in [1.807, 2.05) is 6.08 Å². The highest BCUT2D eigenvalue weighted by Crippen LogP contribution is 2.61. The van der Waals surface area contributed by atoms with Crippen LogP contribution >= 0.6 is 0 Å². The summed E-state index contributed by atoms with van der Waals surface area (Å²) in [5.41, 5.74) is 1.58. The molecule has 1 unspecified atom stereocenters. The second-order valence-electron chi connectivity index (χ2n) is 8.92. The number of benzene rings is 1. The molecule has 0 spiro atoms. The lowest BCUT2D eigenvalue weighted by molar-refractivity contribution is -0.00535. The SMILES string of the molecule is C[C@H]1CCC2C(C)(C)CCC[C@]2(C)/C1=C/c1c(O)c(O)cc(O)c1O. The van der Waals surface area contributed by atoms with Gasteiger partial charge >= 0.3 is 0 Å². The maximum absolute atomic E-state index is 10.2. The molecule has 4 nitrogen and oxygen atoms in total. The lowest BCUT2D eigenvalue weighted by atomic mass is 9.48. The number of fused-ring (bicyclic) bond motifs is 1. The Morgan fingerprint density at radius 3 is 2.16 bits per heavy atom. The van der Waals surface area contributed by atoms with E-state index in [-0.39, 0.29) is 27.9 Å². The molecule has 0 saturated heterocycles. The second-order valence-corrected chi connectivity index (χ2v) is 8.92. The number of aromatic hydroxyl groups is 4. The summed E-state index contributed by atoms with van der Waals surface area (Å²) >= 11 is 0. The van der Waals surface area contributed by atoms with Gasteiger partial charge in [-0.1, -0.05) is 39.7 Å². The van der Waals surface area contributed by atoms with Crippen molar-refractivity contribution in [2.45, 2.75) is 59.8 Å². The summed E-state index contributed by atoms with van der Waals surface area (Å²) in [5.74, 6) is -0.719. The number of allylic oxidation sites excluding steroid dienone is 1. The molecule has 138 valence electrons. The van der Waals surface area contributed by atoms with Gasteiger partial charge in [0.25, 0.3) is 0 Å². The average molecular weight is 346 g/mol. The Morgan fingerprint density at radius 1 is 0.960 bits per heavy atom. The van der Waals surface area contributed by atoms with Crippen molar-refractivity contribution < 1.29 is 20.4 Å². The summed E-state index contributed by atoms with van der Waals surface area (Å²) in [7, 11) is 0. The van der Waals surface area contributed by atoms with Crippen LogP contribution in [-0.2, 0) is 0 Å². The maximum Gasteiger partial charge on any atom is 0.168 e. The predicted molar refractivity (Wildman–Crippen MR) is 98.7 cm³/mol. The molecule has 0 aliphatic heterocycles. The summed E-state index contributed by atoms with van der Waals surface area (Å²) in [6.07, 6.45) is 7.53. The summed E-state index contributed by atoms with van der Waals surface area (Å²) in [6, 6.07) is 0.964. The van der Waals surface area contributed by atoms with E-state index >= 15 is 0 Å². The number of hydrogen-bond donors (Lipinski definition) is 4. The highest BCUT2D eigenvalue weighted by Gasteiger charge is 2.51. The Labute approximate surface area is 149 Å². The van der Waals surface area contributed by atoms with Gasteiger partial charge in [-0.2, -0.15) is 0 Å². The first-order chi connectivity index (χ1) is 11.6. The molecule has 0 amide bonds. The van der Waals surface area contributed by atoms with Crippen molar-refractivity contribution in [2.24, 2.45) is 22.7 Å². The molecule has 0 bridgehead atoms. The first-order valence-electron chi connectivity index (χ1n) is 9.27. The van der Waals surface area contributed by atoms with E-state index in [0.717, 1.165) is 25.3 Å². The van der Waals surface area contributed by atoms with Crippen molar-refractivity contribution in [3.8, 4) is 23.0 Å². The van der Waals surface area contributed by atoms with E-state index in [4.69, 9.17) is 0 Å². The molecule has 4 heteroatoms. The first-order valence-corrected chi connectivity index (χ1v) is 9.27. The lowest BCUT2D eigenvalue weighted by Gasteiger charge is -2.56. The van der Waals surface area contributed by atoms with Crippen molar-refractivity contribution in [3.63, 3.8) is 0 Å². The van der Waals surface area contributed by atoms with Gasteiger partial charge in [-0.05, 0) is 54.4 Å². The molecule has 1 aromatic carbocycles. The van der Waals surface area contributed by atoms with E-state index in [9.17, 15) is 20.4 Å². The molecule has 4 N–H and O–H groups in total. The fourth-order valence-electron chi connectivity index (χ4n) is 5.57. The molecule has 25 heavy (non-hydrogen) atoms. The van der Waals surface area contributed by atoms with Crippen LogP contribution in [-0.4, -0.2) is 20.4 Å². The van der Waals surface area contributed by atoms with E-state index in [1.54, 1.807) is 0 Å². The number of hydrogen-bond acceptors (Lipinski definition) is 4. The predicted octanol–water partition coefficient (Wildman–Crippen LogP) is 5.15. The normalized spacial score (nSPS) is 33.2. The van der Waals surface area contributed by atoms with Crippen LogP contribution in [0, 0.1) is 22.7 Å². The van der Waals surface area contributed by atoms with Crippen LogP contribution in [0.2, 0.25) is 0 Å². The molecular formula is C21H30O4. The smallest absolute Gasteiger partial charge is 0.168 e. The van der Waals surface area contributed by atoms with Crippen LogP contribution in [0.3, 0.4) is 0 Å². The standard InChI is InChI=1S/C21H30O4/c1-12-6-7-17-20(2,3)8-5-9-21(17,4)14(12)10-13-18(24)15(22)11-16(23)19(13)25/h10-12,17,22-25H,5-9H2,1-4H3/b14-10+/t12-,17?,21+/m0/s1. The molecule has 1 aromatic rings. The van der Waals surface area contributed by atoms with Crippen molar-refractivity contribution in [1.29, 1.82) is 0 Å². The van der Waals surface area contributed by atoms with Crippen LogP contribution in [0.15, 0.2) is 11.6 Å². The van der Waals surface area contributed by atoms with Crippen LogP contribution in [0.1, 0.15) is 65.4 Å². The van der Waals surface area contributed by atoms with Gasteiger partial charge in [0.2, 0.25) is 0 Å². The minimum absolute atomic E-state index is 0.000619. The van der Waals surface area contributed by atoms with Gasteiger partial charge in [-0.15, -0.1) is 0 Å². The zero-order valence-electron chi connectivity index (χ0n) is 15.6. The topological polar surface area (TPSA) is 80.9 Å². The van der Waals surface area contributed by atoms with Crippen LogP contribution < -0.4 is 0 Å². The Hall–Kier alpha value is -1.84. The summed E-state index contributed by atoms with van der Waals surface area (Å²) in [6.45, 7) is 9.18. The highest BCUT2D eigenvalue weighted by molar-refractivity contribution is 5.73. The minimum atomic E-state index is -0.420. The molecule has 2 saturated carbocycles. The quantitative estimate of drug-likeness (QED) is 0.418. The zero-order valence-corrected chi connectivity index (χ0v) is 15.6. The van der Waals surface area contributed by atoms with E-state index < -0.39 is 11.5 Å². The fourth-order valence-corrected chi connectivity index (χ4v) is 5.57. The van der Waals surface area contributed by atoms with Crippen molar-refractivity contribution in [1.82, 2.24) is 0 Å². The van der Waals surface area contributed by atoms with Crippen LogP contribution in [0.4, 0.5) is 0 Å². The van der Waals surface area contributed by atoms with Crippen LogP contribution in [0.25, 0.3) is 6.08 Å². The first kappa shape index (κ1) is 18.0. The summed E-state index contributed by atoms with van der Waals surface area (Å²) < 4.78 is 0. The lowest BCUT2D eigenvalue weighted by Crippen LogP contribution is -2.47. The van der Waals surface area contributed by atoms with E-state index in [0.29, 0.717) is 11.8 Å². The largest absolute Gasteiger partial charge is 0.504 e. The molecule has 0 radical (unpaired) electrons. The molecule has 2 aliphatic rings. The molecule has 0 heterocycles. The third-order valence-electron chi connectivity index (χ3n) is 6.88. The van der Waals surface area contributed by atoms with Gasteiger partial charge in [0.05, 0.1) is 5.56 Å².